The van der Waals surface area contributed by atoms with E-state index in [1.54, 1.807) is 23.1 Å². The highest BCUT2D eigenvalue weighted by Crippen LogP contribution is 2.29. The first kappa shape index (κ1) is 20.7. The van der Waals surface area contributed by atoms with Crippen LogP contribution in [-0.4, -0.2) is 56.8 Å². The smallest absolute Gasteiger partial charge is 0.343 e. The van der Waals surface area contributed by atoms with Crippen molar-refractivity contribution in [3.8, 4) is 17.2 Å². The Kier molecular flexibility index (Phi) is 6.72. The lowest BCUT2D eigenvalue weighted by atomic mass is 10.1. The first-order valence-electron chi connectivity index (χ1n) is 9.44. The number of rotatable bonds is 6. The molecule has 0 aromatic heterocycles. The molecule has 2 aromatic carbocycles. The number of esters is 1. The number of amides is 1. The minimum absolute atomic E-state index is 0.109. The van der Waals surface area contributed by atoms with E-state index in [1.807, 2.05) is 32.0 Å². The summed E-state index contributed by atoms with van der Waals surface area (Å²) < 4.78 is 21.8. The Hall–Kier alpha value is -3.06. The first-order valence-corrected chi connectivity index (χ1v) is 9.44. The second-order valence-corrected chi connectivity index (χ2v) is 6.76. The summed E-state index contributed by atoms with van der Waals surface area (Å²) >= 11 is 0. The Morgan fingerprint density at radius 1 is 1.03 bits per heavy atom. The van der Waals surface area contributed by atoms with E-state index in [9.17, 15) is 9.59 Å². The summed E-state index contributed by atoms with van der Waals surface area (Å²) in [6.45, 7) is 5.85. The van der Waals surface area contributed by atoms with E-state index >= 15 is 0 Å². The number of hydrogen-bond acceptors (Lipinski definition) is 6. The van der Waals surface area contributed by atoms with Crippen LogP contribution in [0.15, 0.2) is 36.4 Å². The van der Waals surface area contributed by atoms with Gasteiger partial charge in [0.15, 0.2) is 18.1 Å². The molecule has 7 nitrogen and oxygen atoms in total. The number of hydrogen-bond donors (Lipinski definition) is 0. The van der Waals surface area contributed by atoms with Gasteiger partial charge in [-0.1, -0.05) is 18.2 Å². The summed E-state index contributed by atoms with van der Waals surface area (Å²) in [5.41, 5.74) is 2.09. The van der Waals surface area contributed by atoms with Crippen LogP contribution in [0.4, 0.5) is 0 Å². The molecular weight excluding hydrogens is 374 g/mol. The Bertz CT molecular complexity index is 869. The number of carbonyl (C=O) groups excluding carboxylic acids is 2. The molecule has 1 fully saturated rings. The third-order valence-corrected chi connectivity index (χ3v) is 4.72. The minimum Gasteiger partial charge on any atom is -0.493 e. The fourth-order valence-electron chi connectivity index (χ4n) is 3.07. The molecule has 0 N–H and O–H groups in total. The van der Waals surface area contributed by atoms with Gasteiger partial charge in [0.05, 0.1) is 25.9 Å². The molecule has 3 rings (SSSR count). The van der Waals surface area contributed by atoms with Crippen molar-refractivity contribution in [3.05, 3.63) is 53.1 Å². The molecule has 0 aliphatic carbocycles. The van der Waals surface area contributed by atoms with E-state index in [2.05, 4.69) is 0 Å². The third kappa shape index (κ3) is 5.06. The van der Waals surface area contributed by atoms with Crippen LogP contribution in [0.5, 0.6) is 17.2 Å². The lowest BCUT2D eigenvalue weighted by Crippen LogP contribution is -2.43. The van der Waals surface area contributed by atoms with Crippen LogP contribution in [0.2, 0.25) is 0 Å². The molecule has 0 unspecified atom stereocenters. The SMILES string of the molecule is COc1cc(C(=O)Oc2c(C)cccc2C)ccc1OCC(=O)N1CCOCC1. The van der Waals surface area contributed by atoms with Crippen LogP contribution in [0.1, 0.15) is 21.5 Å². The molecule has 154 valence electrons. The Balaban J connectivity index is 1.68. The quantitative estimate of drug-likeness (QED) is 0.549. The van der Waals surface area contributed by atoms with Gasteiger partial charge in [-0.3, -0.25) is 4.79 Å². The van der Waals surface area contributed by atoms with Gasteiger partial charge in [0.25, 0.3) is 5.91 Å². The second-order valence-electron chi connectivity index (χ2n) is 6.76. The highest BCUT2D eigenvalue weighted by atomic mass is 16.5. The molecule has 7 heteroatoms. The predicted octanol–water partition coefficient (Wildman–Crippen LogP) is 2.77. The molecule has 1 amide bonds. The summed E-state index contributed by atoms with van der Waals surface area (Å²) in [5, 5.41) is 0. The Labute approximate surface area is 170 Å². The number of morpholine rings is 1. The largest absolute Gasteiger partial charge is 0.493 e. The van der Waals surface area contributed by atoms with E-state index in [-0.39, 0.29) is 12.5 Å². The van der Waals surface area contributed by atoms with Gasteiger partial charge in [0.1, 0.15) is 5.75 Å². The van der Waals surface area contributed by atoms with Gasteiger partial charge in [-0.2, -0.15) is 0 Å². The number of carbonyl (C=O) groups is 2. The lowest BCUT2D eigenvalue weighted by Gasteiger charge is -2.26. The van der Waals surface area contributed by atoms with Crippen molar-refractivity contribution in [2.45, 2.75) is 13.8 Å². The van der Waals surface area contributed by atoms with E-state index in [4.69, 9.17) is 18.9 Å². The zero-order chi connectivity index (χ0) is 20.8. The molecule has 0 atom stereocenters. The Morgan fingerprint density at radius 2 is 1.72 bits per heavy atom. The Morgan fingerprint density at radius 3 is 2.38 bits per heavy atom. The standard InChI is InChI=1S/C22H25NO6/c1-15-5-4-6-16(2)21(15)29-22(25)17-7-8-18(19(13-17)26-3)28-14-20(24)23-9-11-27-12-10-23/h4-8,13H,9-12,14H2,1-3H3. The van der Waals surface area contributed by atoms with Gasteiger partial charge in [0, 0.05) is 13.1 Å². The van der Waals surface area contributed by atoms with Crippen molar-refractivity contribution in [2.75, 3.05) is 40.0 Å². The van der Waals surface area contributed by atoms with Crippen molar-refractivity contribution in [1.29, 1.82) is 0 Å². The molecule has 1 aliphatic heterocycles. The van der Waals surface area contributed by atoms with Gasteiger partial charge < -0.3 is 23.8 Å². The fourth-order valence-corrected chi connectivity index (χ4v) is 3.07. The van der Waals surface area contributed by atoms with Crippen molar-refractivity contribution < 1.29 is 28.5 Å². The molecule has 0 saturated carbocycles. The van der Waals surface area contributed by atoms with Crippen molar-refractivity contribution in [3.63, 3.8) is 0 Å². The molecule has 0 spiro atoms. The average molecular weight is 399 g/mol. The van der Waals surface area contributed by atoms with E-state index in [1.165, 1.54) is 7.11 Å². The van der Waals surface area contributed by atoms with Crippen LogP contribution in [0.25, 0.3) is 0 Å². The summed E-state index contributed by atoms with van der Waals surface area (Å²) in [5.74, 6) is 0.687. The van der Waals surface area contributed by atoms with E-state index in [0.29, 0.717) is 49.1 Å². The van der Waals surface area contributed by atoms with Crippen molar-refractivity contribution in [2.24, 2.45) is 0 Å². The first-order chi connectivity index (χ1) is 14.0. The molecule has 1 aliphatic rings. The fraction of sp³-hybridized carbons (Fsp3) is 0.364. The number of aryl methyl sites for hydroxylation is 2. The number of ether oxygens (including phenoxy) is 4. The van der Waals surface area contributed by atoms with Crippen LogP contribution in [0, 0.1) is 13.8 Å². The molecule has 0 radical (unpaired) electrons. The van der Waals surface area contributed by atoms with Crippen LogP contribution in [0.3, 0.4) is 0 Å². The number of nitrogens with zero attached hydrogens (tertiary/aromatic N) is 1. The van der Waals surface area contributed by atoms with Crippen molar-refractivity contribution in [1.82, 2.24) is 4.90 Å². The minimum atomic E-state index is -0.489. The highest BCUT2D eigenvalue weighted by Gasteiger charge is 2.19. The van der Waals surface area contributed by atoms with Gasteiger partial charge in [0.2, 0.25) is 0 Å². The lowest BCUT2D eigenvalue weighted by molar-refractivity contribution is -0.137. The van der Waals surface area contributed by atoms with Crippen LogP contribution < -0.4 is 14.2 Å². The molecule has 2 aromatic rings. The molecule has 1 heterocycles. The second kappa shape index (κ2) is 9.43. The molecule has 1 saturated heterocycles. The van der Waals surface area contributed by atoms with Gasteiger partial charge >= 0.3 is 5.97 Å². The van der Waals surface area contributed by atoms with Gasteiger partial charge in [-0.05, 0) is 43.2 Å². The van der Waals surface area contributed by atoms with Crippen molar-refractivity contribution >= 4 is 11.9 Å². The molecular formula is C22H25NO6. The summed E-state index contributed by atoms with van der Waals surface area (Å²) in [6.07, 6.45) is 0. The predicted molar refractivity (Wildman–Crippen MR) is 107 cm³/mol. The summed E-state index contributed by atoms with van der Waals surface area (Å²) in [4.78, 5) is 26.5. The average Bonchev–Trinajstić information content (AvgIpc) is 2.75. The topological polar surface area (TPSA) is 74.3 Å². The summed E-state index contributed by atoms with van der Waals surface area (Å²) in [7, 11) is 1.48. The summed E-state index contributed by atoms with van der Waals surface area (Å²) in [6, 6.07) is 10.4. The zero-order valence-corrected chi connectivity index (χ0v) is 16.9. The maximum absolute atomic E-state index is 12.6. The normalized spacial score (nSPS) is 13.7. The molecule has 29 heavy (non-hydrogen) atoms. The van der Waals surface area contributed by atoms with Gasteiger partial charge in [-0.25, -0.2) is 4.79 Å². The number of benzene rings is 2. The van der Waals surface area contributed by atoms with E-state index in [0.717, 1.165) is 11.1 Å². The third-order valence-electron chi connectivity index (χ3n) is 4.72. The molecule has 0 bridgehead atoms. The zero-order valence-electron chi connectivity index (χ0n) is 16.9. The van der Waals surface area contributed by atoms with Crippen LogP contribution in [-0.2, 0) is 9.53 Å². The van der Waals surface area contributed by atoms with Crippen LogP contribution >= 0.6 is 0 Å². The monoisotopic (exact) mass is 399 g/mol. The van der Waals surface area contributed by atoms with E-state index < -0.39 is 5.97 Å². The van der Waals surface area contributed by atoms with Gasteiger partial charge in [-0.15, -0.1) is 0 Å². The maximum Gasteiger partial charge on any atom is 0.343 e. The number of methoxy groups -OCH3 is 1. The highest BCUT2D eigenvalue weighted by molar-refractivity contribution is 5.92. The maximum atomic E-state index is 12.6. The number of para-hydroxylation sites is 1.